The highest BCUT2D eigenvalue weighted by molar-refractivity contribution is 7.99. The van der Waals surface area contributed by atoms with E-state index in [4.69, 9.17) is 0 Å². The van der Waals surface area contributed by atoms with Crippen molar-refractivity contribution in [1.29, 1.82) is 0 Å². The number of aryl methyl sites for hydroxylation is 1. The minimum atomic E-state index is 0.109. The van der Waals surface area contributed by atoms with E-state index >= 15 is 0 Å². The zero-order valence-corrected chi connectivity index (χ0v) is 16.2. The lowest BCUT2D eigenvalue weighted by Crippen LogP contribution is -2.07. The molecule has 26 heavy (non-hydrogen) atoms. The van der Waals surface area contributed by atoms with E-state index in [1.807, 2.05) is 49.4 Å². The van der Waals surface area contributed by atoms with Crippen molar-refractivity contribution >= 4 is 17.5 Å². The molecule has 5 heteroatoms. The molecule has 3 aromatic rings. The lowest BCUT2D eigenvalue weighted by molar-refractivity contribution is 0.102. The van der Waals surface area contributed by atoms with Gasteiger partial charge in [-0.2, -0.15) is 0 Å². The molecule has 0 atom stereocenters. The summed E-state index contributed by atoms with van der Waals surface area (Å²) < 4.78 is 2.05. The van der Waals surface area contributed by atoms with E-state index in [1.165, 1.54) is 22.9 Å². The summed E-state index contributed by atoms with van der Waals surface area (Å²) >= 11 is 1.44. The number of hydrogen-bond donors (Lipinski definition) is 0. The van der Waals surface area contributed by atoms with Gasteiger partial charge in [0, 0.05) is 5.56 Å². The summed E-state index contributed by atoms with van der Waals surface area (Å²) in [6, 6.07) is 18.1. The highest BCUT2D eigenvalue weighted by atomic mass is 32.2. The van der Waals surface area contributed by atoms with Gasteiger partial charge in [-0.05, 0) is 24.0 Å². The third-order valence-corrected chi connectivity index (χ3v) is 5.28. The normalized spacial score (nSPS) is 11.1. The number of rotatable bonds is 7. The number of nitrogens with zero attached hydrogens (tertiary/aromatic N) is 3. The van der Waals surface area contributed by atoms with Crippen molar-refractivity contribution in [2.75, 3.05) is 5.75 Å². The van der Waals surface area contributed by atoms with Crippen LogP contribution in [0.4, 0.5) is 0 Å². The number of Topliss-reactive ketones (excluding diaryl/α,β-unsaturated/α-hetero) is 1. The molecule has 0 aliphatic heterocycles. The molecular weight excluding hydrogens is 342 g/mol. The van der Waals surface area contributed by atoms with Gasteiger partial charge >= 0.3 is 0 Å². The Bertz CT molecular complexity index is 870. The second-order valence-electron chi connectivity index (χ2n) is 6.59. The van der Waals surface area contributed by atoms with Gasteiger partial charge in [-0.1, -0.05) is 80.2 Å². The standard InChI is InChI=1S/C21H23N3OS/c1-15(2)18-9-11-19(12-10-18)20(25)14-26-21-23-22-16(3)24(21)13-17-7-5-4-6-8-17/h4-12,15H,13-14H2,1-3H3. The first-order valence-electron chi connectivity index (χ1n) is 8.74. The minimum absolute atomic E-state index is 0.109. The molecule has 1 aromatic heterocycles. The van der Waals surface area contributed by atoms with Gasteiger partial charge in [0.25, 0.3) is 0 Å². The fourth-order valence-electron chi connectivity index (χ4n) is 2.68. The van der Waals surface area contributed by atoms with E-state index in [0.29, 0.717) is 18.2 Å². The van der Waals surface area contributed by atoms with Gasteiger partial charge < -0.3 is 4.57 Å². The maximum atomic E-state index is 12.5. The molecule has 0 saturated carbocycles. The van der Waals surface area contributed by atoms with Crippen LogP contribution in [-0.4, -0.2) is 26.3 Å². The van der Waals surface area contributed by atoms with Crippen LogP contribution in [0.1, 0.15) is 47.1 Å². The Morgan fingerprint density at radius 3 is 2.38 bits per heavy atom. The molecular formula is C21H23N3OS. The molecule has 0 bridgehead atoms. The number of aromatic nitrogens is 3. The van der Waals surface area contributed by atoms with E-state index < -0.39 is 0 Å². The summed E-state index contributed by atoms with van der Waals surface area (Å²) in [4.78, 5) is 12.5. The maximum absolute atomic E-state index is 12.5. The summed E-state index contributed by atoms with van der Waals surface area (Å²) in [5.41, 5.74) is 3.17. The van der Waals surface area contributed by atoms with E-state index in [2.05, 4.69) is 40.7 Å². The molecule has 2 aromatic carbocycles. The third-order valence-electron chi connectivity index (χ3n) is 4.32. The summed E-state index contributed by atoms with van der Waals surface area (Å²) in [5, 5.41) is 9.19. The number of carbonyl (C=O) groups excluding carboxylic acids is 1. The molecule has 0 spiro atoms. The number of benzene rings is 2. The Morgan fingerprint density at radius 1 is 1.04 bits per heavy atom. The quantitative estimate of drug-likeness (QED) is 0.448. The van der Waals surface area contributed by atoms with Crippen molar-refractivity contribution in [3.05, 3.63) is 77.1 Å². The first kappa shape index (κ1) is 18.4. The molecule has 0 aliphatic rings. The fraction of sp³-hybridized carbons (Fsp3) is 0.286. The monoisotopic (exact) mass is 365 g/mol. The second-order valence-corrected chi connectivity index (χ2v) is 7.53. The SMILES string of the molecule is Cc1nnc(SCC(=O)c2ccc(C(C)C)cc2)n1Cc1ccccc1. The van der Waals surface area contributed by atoms with Crippen molar-refractivity contribution in [2.45, 2.75) is 38.4 Å². The summed E-state index contributed by atoms with van der Waals surface area (Å²) in [5.74, 6) is 1.78. The van der Waals surface area contributed by atoms with Crippen LogP contribution < -0.4 is 0 Å². The maximum Gasteiger partial charge on any atom is 0.191 e. The number of hydrogen-bond acceptors (Lipinski definition) is 4. The van der Waals surface area contributed by atoms with Gasteiger partial charge in [-0.3, -0.25) is 4.79 Å². The largest absolute Gasteiger partial charge is 0.302 e. The molecule has 0 radical (unpaired) electrons. The number of carbonyl (C=O) groups is 1. The van der Waals surface area contributed by atoms with Crippen molar-refractivity contribution < 1.29 is 4.79 Å². The van der Waals surface area contributed by atoms with E-state index in [1.54, 1.807) is 0 Å². The molecule has 0 saturated heterocycles. The van der Waals surface area contributed by atoms with Crippen molar-refractivity contribution in [3.63, 3.8) is 0 Å². The van der Waals surface area contributed by atoms with Crippen molar-refractivity contribution in [1.82, 2.24) is 14.8 Å². The van der Waals surface area contributed by atoms with Crippen LogP contribution in [0.2, 0.25) is 0 Å². The molecule has 3 rings (SSSR count). The Hall–Kier alpha value is -2.40. The average Bonchev–Trinajstić information content (AvgIpc) is 3.00. The van der Waals surface area contributed by atoms with E-state index in [-0.39, 0.29) is 5.78 Å². The lowest BCUT2D eigenvalue weighted by atomic mass is 10.0. The first-order chi connectivity index (χ1) is 12.5. The minimum Gasteiger partial charge on any atom is -0.302 e. The van der Waals surface area contributed by atoms with Crippen molar-refractivity contribution in [3.8, 4) is 0 Å². The molecule has 0 amide bonds. The Labute approximate surface area is 158 Å². The predicted octanol–water partition coefficient (Wildman–Crippen LogP) is 4.73. The molecule has 0 unspecified atom stereocenters. The molecule has 4 nitrogen and oxygen atoms in total. The third kappa shape index (κ3) is 4.41. The molecule has 0 N–H and O–H groups in total. The van der Waals surface area contributed by atoms with Gasteiger partial charge in [-0.15, -0.1) is 10.2 Å². The first-order valence-corrected chi connectivity index (χ1v) is 9.73. The van der Waals surface area contributed by atoms with Gasteiger partial charge in [-0.25, -0.2) is 0 Å². The van der Waals surface area contributed by atoms with Crippen LogP contribution in [0.3, 0.4) is 0 Å². The lowest BCUT2D eigenvalue weighted by Gasteiger charge is -2.09. The van der Waals surface area contributed by atoms with Crippen LogP contribution in [0, 0.1) is 6.92 Å². The summed E-state index contributed by atoms with van der Waals surface area (Å²) in [6.45, 7) is 6.94. The molecule has 0 aliphatic carbocycles. The van der Waals surface area contributed by atoms with Crippen LogP contribution in [-0.2, 0) is 6.54 Å². The zero-order chi connectivity index (χ0) is 18.5. The van der Waals surface area contributed by atoms with Crippen LogP contribution >= 0.6 is 11.8 Å². The van der Waals surface area contributed by atoms with Gasteiger partial charge in [0.15, 0.2) is 10.9 Å². The van der Waals surface area contributed by atoms with E-state index in [0.717, 1.165) is 16.5 Å². The summed E-state index contributed by atoms with van der Waals surface area (Å²) in [6.07, 6.45) is 0. The van der Waals surface area contributed by atoms with Gasteiger partial charge in [0.05, 0.1) is 12.3 Å². The van der Waals surface area contributed by atoms with Crippen molar-refractivity contribution in [2.24, 2.45) is 0 Å². The van der Waals surface area contributed by atoms with Crippen LogP contribution in [0.15, 0.2) is 59.8 Å². The molecule has 1 heterocycles. The van der Waals surface area contributed by atoms with Crippen LogP contribution in [0.5, 0.6) is 0 Å². The highest BCUT2D eigenvalue weighted by Gasteiger charge is 2.13. The van der Waals surface area contributed by atoms with Gasteiger partial charge in [0.1, 0.15) is 5.82 Å². The number of thioether (sulfide) groups is 1. The number of ketones is 1. The molecule has 0 fully saturated rings. The van der Waals surface area contributed by atoms with Crippen LogP contribution in [0.25, 0.3) is 0 Å². The van der Waals surface area contributed by atoms with Gasteiger partial charge in [0.2, 0.25) is 0 Å². The Kier molecular flexibility index (Phi) is 5.89. The highest BCUT2D eigenvalue weighted by Crippen LogP contribution is 2.21. The zero-order valence-electron chi connectivity index (χ0n) is 15.3. The topological polar surface area (TPSA) is 47.8 Å². The second kappa shape index (κ2) is 8.32. The van der Waals surface area contributed by atoms with E-state index in [9.17, 15) is 4.79 Å². The Morgan fingerprint density at radius 2 is 1.73 bits per heavy atom. The average molecular weight is 366 g/mol. The fourth-order valence-corrected chi connectivity index (χ4v) is 3.56. The Balaban J connectivity index is 1.67. The predicted molar refractivity (Wildman–Crippen MR) is 106 cm³/mol. The molecule has 134 valence electrons. The smallest absolute Gasteiger partial charge is 0.191 e. The summed E-state index contributed by atoms with van der Waals surface area (Å²) in [7, 11) is 0.